The molecule has 0 atom stereocenters. The van der Waals surface area contributed by atoms with Crippen LogP contribution in [-0.4, -0.2) is 35.2 Å². The lowest BCUT2D eigenvalue weighted by Gasteiger charge is -2.09. The van der Waals surface area contributed by atoms with E-state index in [-0.39, 0.29) is 22.6 Å². The Morgan fingerprint density at radius 2 is 1.35 bits per heavy atom. The third kappa shape index (κ3) is 10.9. The molecule has 0 aliphatic heterocycles. The smallest absolute Gasteiger partial charge is 0.343 e. The van der Waals surface area contributed by atoms with Crippen LogP contribution in [0.1, 0.15) is 75.1 Å². The number of rotatable bonds is 19. The second-order valence-corrected chi connectivity index (χ2v) is 10.2. The first kappa shape index (κ1) is 32.8. The Morgan fingerprint density at radius 3 is 1.95 bits per heavy atom. The van der Waals surface area contributed by atoms with Gasteiger partial charge >= 0.3 is 17.6 Å². The van der Waals surface area contributed by atoms with Gasteiger partial charge in [0.25, 0.3) is 0 Å². The minimum atomic E-state index is -0.918. The number of nitro groups is 1. The van der Waals surface area contributed by atoms with Crippen molar-refractivity contribution in [3.05, 3.63) is 94.6 Å². The summed E-state index contributed by atoms with van der Waals surface area (Å²) in [4.78, 5) is 34.7. The summed E-state index contributed by atoms with van der Waals surface area (Å²) < 4.78 is 16.8. The number of carbonyl (C=O) groups is 2. The number of hydrogen-bond donors (Lipinski definition) is 1. The average Bonchev–Trinajstić information content (AvgIpc) is 3.01. The van der Waals surface area contributed by atoms with Gasteiger partial charge in [0.2, 0.25) is 5.75 Å². The van der Waals surface area contributed by atoms with Crippen molar-refractivity contribution < 1.29 is 33.8 Å². The maximum absolute atomic E-state index is 12.7. The minimum absolute atomic E-state index is 0.132. The largest absolute Gasteiger partial charge is 0.494 e. The SMILES string of the molecule is C=C(CCCCCCCCCOc1ccc(C(=O)Oc2ccc(-c3ccc(OCCC)cc3)cc2[N+](=O)[O-])cc1)C(=O)O. The number of ether oxygens (including phenoxy) is 3. The van der Waals surface area contributed by atoms with Crippen LogP contribution in [-0.2, 0) is 4.79 Å². The van der Waals surface area contributed by atoms with Crippen molar-refractivity contribution in [2.24, 2.45) is 0 Å². The highest BCUT2D eigenvalue weighted by Crippen LogP contribution is 2.33. The highest BCUT2D eigenvalue weighted by atomic mass is 16.6. The molecular formula is C34H39NO8. The van der Waals surface area contributed by atoms with Crippen molar-refractivity contribution >= 4 is 17.6 Å². The Labute approximate surface area is 252 Å². The maximum atomic E-state index is 12.7. The van der Waals surface area contributed by atoms with Crippen molar-refractivity contribution in [1.82, 2.24) is 0 Å². The van der Waals surface area contributed by atoms with Crippen LogP contribution in [0.5, 0.6) is 17.2 Å². The van der Waals surface area contributed by atoms with Crippen molar-refractivity contribution in [2.45, 2.75) is 64.7 Å². The van der Waals surface area contributed by atoms with E-state index in [1.807, 2.05) is 31.2 Å². The fraction of sp³-hybridized carbons (Fsp3) is 0.353. The van der Waals surface area contributed by atoms with Crippen LogP contribution in [0.4, 0.5) is 5.69 Å². The molecule has 0 amide bonds. The standard InChI is InChI=1S/C34H39NO8/c1-3-22-41-29-17-12-26(13-18-29)28-16-21-32(31(24-28)35(39)40)43-34(38)27-14-19-30(20-15-27)42-23-10-8-6-4-5-7-9-11-25(2)33(36)37/h12-21,24H,2-11,22-23H2,1H3,(H,36,37). The summed E-state index contributed by atoms with van der Waals surface area (Å²) in [6.07, 6.45) is 8.47. The fourth-order valence-corrected chi connectivity index (χ4v) is 4.36. The number of esters is 1. The predicted octanol–water partition coefficient (Wildman–Crippen LogP) is 8.41. The van der Waals surface area contributed by atoms with Gasteiger partial charge in [-0.1, -0.05) is 63.8 Å². The normalized spacial score (nSPS) is 10.6. The first-order valence-corrected chi connectivity index (χ1v) is 14.7. The molecule has 9 nitrogen and oxygen atoms in total. The molecule has 0 bridgehead atoms. The molecule has 228 valence electrons. The van der Waals surface area contributed by atoms with Crippen LogP contribution in [0.3, 0.4) is 0 Å². The van der Waals surface area contributed by atoms with Gasteiger partial charge in [0, 0.05) is 11.6 Å². The third-order valence-corrected chi connectivity index (χ3v) is 6.80. The molecule has 9 heteroatoms. The molecule has 43 heavy (non-hydrogen) atoms. The van der Waals surface area contributed by atoms with Gasteiger partial charge < -0.3 is 19.3 Å². The molecule has 3 aromatic carbocycles. The molecule has 0 spiro atoms. The molecule has 0 heterocycles. The second kappa shape index (κ2) is 17.3. The number of hydrogen-bond acceptors (Lipinski definition) is 7. The number of unbranched alkanes of at least 4 members (excludes halogenated alkanes) is 6. The molecule has 0 aliphatic carbocycles. The van der Waals surface area contributed by atoms with Gasteiger partial charge in [0.1, 0.15) is 11.5 Å². The molecule has 0 saturated heterocycles. The molecule has 0 radical (unpaired) electrons. The van der Waals surface area contributed by atoms with Crippen LogP contribution in [0.2, 0.25) is 0 Å². The van der Waals surface area contributed by atoms with Crippen LogP contribution in [0.15, 0.2) is 78.9 Å². The summed E-state index contributed by atoms with van der Waals surface area (Å²) in [6.45, 7) is 6.73. The Hall–Kier alpha value is -4.66. The minimum Gasteiger partial charge on any atom is -0.494 e. The molecule has 0 aromatic heterocycles. The molecular weight excluding hydrogens is 550 g/mol. The summed E-state index contributed by atoms with van der Waals surface area (Å²) in [6, 6.07) is 18.3. The fourth-order valence-electron chi connectivity index (χ4n) is 4.36. The number of carboxylic acids is 1. The van der Waals surface area contributed by atoms with E-state index in [1.165, 1.54) is 12.1 Å². The summed E-state index contributed by atoms with van der Waals surface area (Å²) in [5.41, 5.74) is 1.61. The Balaban J connectivity index is 1.43. The highest BCUT2D eigenvalue weighted by molar-refractivity contribution is 5.92. The first-order valence-electron chi connectivity index (χ1n) is 14.7. The summed E-state index contributed by atoms with van der Waals surface area (Å²) >= 11 is 0. The van der Waals surface area contributed by atoms with Crippen LogP contribution >= 0.6 is 0 Å². The van der Waals surface area contributed by atoms with Gasteiger partial charge in [-0.3, -0.25) is 10.1 Å². The average molecular weight is 590 g/mol. The zero-order chi connectivity index (χ0) is 31.0. The van der Waals surface area contributed by atoms with E-state index in [2.05, 4.69) is 6.58 Å². The van der Waals surface area contributed by atoms with Crippen LogP contribution < -0.4 is 14.2 Å². The zero-order valence-electron chi connectivity index (χ0n) is 24.6. The number of carboxylic acid groups (broad SMARTS) is 1. The van der Waals surface area contributed by atoms with Gasteiger partial charge in [-0.05, 0) is 79.3 Å². The van der Waals surface area contributed by atoms with Gasteiger partial charge in [0.05, 0.1) is 23.7 Å². The van der Waals surface area contributed by atoms with Gasteiger partial charge in [0.15, 0.2) is 0 Å². The molecule has 1 N–H and O–H groups in total. The summed E-state index contributed by atoms with van der Waals surface area (Å²) in [5.74, 6) is -0.403. The molecule has 3 rings (SSSR count). The van der Waals surface area contributed by atoms with Crippen molar-refractivity contribution in [3.8, 4) is 28.4 Å². The van der Waals surface area contributed by atoms with Crippen LogP contribution in [0.25, 0.3) is 11.1 Å². The van der Waals surface area contributed by atoms with Gasteiger partial charge in [-0.2, -0.15) is 0 Å². The highest BCUT2D eigenvalue weighted by Gasteiger charge is 2.20. The number of aliphatic carboxylic acids is 1. The maximum Gasteiger partial charge on any atom is 0.343 e. The van der Waals surface area contributed by atoms with E-state index < -0.39 is 16.9 Å². The van der Waals surface area contributed by atoms with E-state index in [4.69, 9.17) is 19.3 Å². The van der Waals surface area contributed by atoms with E-state index in [9.17, 15) is 19.7 Å². The zero-order valence-corrected chi connectivity index (χ0v) is 24.6. The quantitative estimate of drug-likeness (QED) is 0.0369. The number of benzene rings is 3. The lowest BCUT2D eigenvalue weighted by Crippen LogP contribution is -2.10. The number of nitro benzene ring substituents is 1. The molecule has 0 unspecified atom stereocenters. The van der Waals surface area contributed by atoms with E-state index in [1.54, 1.807) is 30.3 Å². The Bertz CT molecular complexity index is 1370. The van der Waals surface area contributed by atoms with E-state index >= 15 is 0 Å². The molecule has 3 aromatic rings. The third-order valence-electron chi connectivity index (χ3n) is 6.80. The second-order valence-electron chi connectivity index (χ2n) is 10.2. The van der Waals surface area contributed by atoms with Crippen LogP contribution in [0, 0.1) is 10.1 Å². The Morgan fingerprint density at radius 1 is 0.791 bits per heavy atom. The molecule has 0 fully saturated rings. The van der Waals surface area contributed by atoms with Crippen molar-refractivity contribution in [3.63, 3.8) is 0 Å². The van der Waals surface area contributed by atoms with Gasteiger partial charge in [-0.15, -0.1) is 0 Å². The number of carbonyl (C=O) groups excluding carboxylic acids is 1. The van der Waals surface area contributed by atoms with Crippen molar-refractivity contribution in [1.29, 1.82) is 0 Å². The molecule has 0 saturated carbocycles. The molecule has 0 aliphatic rings. The predicted molar refractivity (Wildman–Crippen MR) is 165 cm³/mol. The van der Waals surface area contributed by atoms with E-state index in [0.717, 1.165) is 62.7 Å². The van der Waals surface area contributed by atoms with Crippen molar-refractivity contribution in [2.75, 3.05) is 13.2 Å². The first-order chi connectivity index (χ1) is 20.8. The topological polar surface area (TPSA) is 125 Å². The monoisotopic (exact) mass is 589 g/mol. The summed E-state index contributed by atoms with van der Waals surface area (Å²) in [7, 11) is 0. The van der Waals surface area contributed by atoms with E-state index in [0.29, 0.717) is 30.9 Å². The summed E-state index contributed by atoms with van der Waals surface area (Å²) in [5, 5.41) is 20.6. The van der Waals surface area contributed by atoms with Gasteiger partial charge in [-0.25, -0.2) is 9.59 Å². The number of nitrogens with zero attached hydrogens (tertiary/aromatic N) is 1. The lowest BCUT2D eigenvalue weighted by atomic mass is 10.0. The Kier molecular flexibility index (Phi) is 13.2. The lowest BCUT2D eigenvalue weighted by molar-refractivity contribution is -0.385.